The van der Waals surface area contributed by atoms with Crippen LogP contribution in [-0.4, -0.2) is 116 Å². The summed E-state index contributed by atoms with van der Waals surface area (Å²) in [4.78, 5) is 27.7. The molecule has 0 saturated carbocycles. The molecule has 10 nitrogen and oxygen atoms in total. The van der Waals surface area contributed by atoms with Crippen LogP contribution >= 0.6 is 0 Å². The van der Waals surface area contributed by atoms with Gasteiger partial charge in [0.1, 0.15) is 6.61 Å². The Hall–Kier alpha value is -3.94. The van der Waals surface area contributed by atoms with Gasteiger partial charge in [-0.15, -0.1) is 0 Å². The number of alkyl halides is 3. The van der Waals surface area contributed by atoms with Gasteiger partial charge in [-0.3, -0.25) is 14.6 Å². The highest BCUT2D eigenvalue weighted by Gasteiger charge is 2.43. The number of hydrogen-bond acceptors (Lipinski definition) is 9. The number of benzene rings is 2. The van der Waals surface area contributed by atoms with Crippen LogP contribution in [0.2, 0.25) is 0 Å². The van der Waals surface area contributed by atoms with Gasteiger partial charge in [0.25, 0.3) is 0 Å². The molecular formula is C32H38F3N5O5. The lowest BCUT2D eigenvalue weighted by molar-refractivity contribution is -0.154. The van der Waals surface area contributed by atoms with Crippen LogP contribution in [0, 0.1) is 0 Å². The molecule has 5 rings (SSSR count). The Labute approximate surface area is 260 Å². The number of carbonyl (C=O) groups is 1. The number of rotatable bonds is 11. The van der Waals surface area contributed by atoms with Crippen LogP contribution in [0.5, 0.6) is 17.8 Å². The number of halogens is 3. The summed E-state index contributed by atoms with van der Waals surface area (Å²) in [7, 11) is 4.21. The Morgan fingerprint density at radius 3 is 2.11 bits per heavy atom. The summed E-state index contributed by atoms with van der Waals surface area (Å²) >= 11 is 0. The summed E-state index contributed by atoms with van der Waals surface area (Å²) in [5, 5.41) is 0. The zero-order chi connectivity index (χ0) is 32.0. The number of piperazine rings is 2. The fourth-order valence-corrected chi connectivity index (χ4v) is 6.35. The van der Waals surface area contributed by atoms with Crippen molar-refractivity contribution in [2.45, 2.75) is 30.7 Å². The molecular weight excluding hydrogens is 591 g/mol. The molecule has 0 unspecified atom stereocenters. The number of hydrogen-bond donors (Lipinski definition) is 0. The van der Waals surface area contributed by atoms with E-state index in [2.05, 4.69) is 44.0 Å². The number of nitrogens with zero attached hydrogens (tertiary/aromatic N) is 5. The summed E-state index contributed by atoms with van der Waals surface area (Å²) < 4.78 is 60.6. The van der Waals surface area contributed by atoms with Gasteiger partial charge in [0.2, 0.25) is 17.7 Å². The fraction of sp³-hybridized carbons (Fsp3) is 0.469. The second-order valence-corrected chi connectivity index (χ2v) is 11.1. The molecule has 1 aromatic heterocycles. The number of carbonyl (C=O) groups excluding carboxylic acids is 1. The summed E-state index contributed by atoms with van der Waals surface area (Å²) in [5.74, 6) is -0.283. The molecule has 2 atom stereocenters. The van der Waals surface area contributed by atoms with Crippen LogP contribution in [0.25, 0.3) is 0 Å². The van der Waals surface area contributed by atoms with Crippen molar-refractivity contribution in [1.29, 1.82) is 0 Å². The molecule has 0 aliphatic carbocycles. The quantitative estimate of drug-likeness (QED) is 0.316. The van der Waals surface area contributed by atoms with Gasteiger partial charge in [0.15, 0.2) is 6.61 Å². The molecule has 0 N–H and O–H groups in total. The normalized spacial score (nSPS) is 19.3. The minimum absolute atomic E-state index is 0.00317. The standard InChI is InChI=1S/C32H38F3N5O5/c1-42-20-27(41)39-14-15-40-24(17-39)16-38(18-25-29(43-2)36-31(44-3)37-30(25)45-21-32(33,34)35)19-26(40)28(22-10-6-4-7-11-22)23-12-8-5-9-13-23/h4-13,24,26,28H,14-21H2,1-3H3/t24-,26+/m1/s1. The number of methoxy groups -OCH3 is 3. The van der Waals surface area contributed by atoms with Gasteiger partial charge < -0.3 is 23.8 Å². The second kappa shape index (κ2) is 14.4. The number of fused-ring (bicyclic) bond motifs is 1. The van der Waals surface area contributed by atoms with Crippen LogP contribution in [0.3, 0.4) is 0 Å². The Bertz CT molecular complexity index is 1380. The van der Waals surface area contributed by atoms with E-state index in [1.54, 1.807) is 0 Å². The molecule has 0 radical (unpaired) electrons. The van der Waals surface area contributed by atoms with Crippen molar-refractivity contribution < 1.29 is 36.9 Å². The Morgan fingerprint density at radius 2 is 1.53 bits per heavy atom. The van der Waals surface area contributed by atoms with Crippen LogP contribution < -0.4 is 14.2 Å². The average molecular weight is 630 g/mol. The van der Waals surface area contributed by atoms with E-state index in [0.29, 0.717) is 32.7 Å². The zero-order valence-corrected chi connectivity index (χ0v) is 25.6. The first-order valence-electron chi connectivity index (χ1n) is 14.7. The predicted molar refractivity (Wildman–Crippen MR) is 159 cm³/mol. The summed E-state index contributed by atoms with van der Waals surface area (Å²) in [6.07, 6.45) is -4.57. The topological polar surface area (TPSA) is 89.5 Å². The minimum Gasteiger partial charge on any atom is -0.481 e. The van der Waals surface area contributed by atoms with E-state index in [1.165, 1.54) is 21.3 Å². The molecule has 2 saturated heterocycles. The largest absolute Gasteiger partial charge is 0.481 e. The van der Waals surface area contributed by atoms with Gasteiger partial charge in [-0.25, -0.2) is 0 Å². The van der Waals surface area contributed by atoms with Gasteiger partial charge in [0, 0.05) is 64.4 Å². The maximum Gasteiger partial charge on any atom is 0.422 e. The van der Waals surface area contributed by atoms with Crippen molar-refractivity contribution in [2.75, 3.05) is 67.3 Å². The second-order valence-electron chi connectivity index (χ2n) is 11.1. The van der Waals surface area contributed by atoms with Gasteiger partial charge >= 0.3 is 12.2 Å². The van der Waals surface area contributed by atoms with E-state index < -0.39 is 12.8 Å². The molecule has 2 aliphatic heterocycles. The third-order valence-electron chi connectivity index (χ3n) is 8.23. The Balaban J connectivity index is 1.53. The first-order valence-corrected chi connectivity index (χ1v) is 14.7. The lowest BCUT2D eigenvalue weighted by Crippen LogP contribution is -2.67. The molecule has 13 heteroatoms. The zero-order valence-electron chi connectivity index (χ0n) is 25.6. The molecule has 45 heavy (non-hydrogen) atoms. The highest BCUT2D eigenvalue weighted by molar-refractivity contribution is 5.77. The first kappa shape index (κ1) is 32.5. The predicted octanol–water partition coefficient (Wildman–Crippen LogP) is 3.61. The van der Waals surface area contributed by atoms with Gasteiger partial charge in [0.05, 0.1) is 19.8 Å². The van der Waals surface area contributed by atoms with E-state index in [-0.39, 0.29) is 60.4 Å². The van der Waals surface area contributed by atoms with Crippen molar-refractivity contribution in [3.05, 3.63) is 77.4 Å². The van der Waals surface area contributed by atoms with E-state index in [4.69, 9.17) is 18.9 Å². The smallest absolute Gasteiger partial charge is 0.422 e. The number of ether oxygens (including phenoxy) is 4. The minimum atomic E-state index is -4.57. The lowest BCUT2D eigenvalue weighted by Gasteiger charge is -2.53. The SMILES string of the molecule is COCC(=O)N1CCN2[C@H](CN(Cc3c(OC)nc(OC)nc3OCC(F)(F)F)C[C@H]2C(c2ccccc2)c2ccccc2)C1. The molecule has 0 bridgehead atoms. The molecule has 0 spiro atoms. The van der Waals surface area contributed by atoms with Crippen LogP contribution in [0.1, 0.15) is 22.6 Å². The third kappa shape index (κ3) is 7.84. The monoisotopic (exact) mass is 629 g/mol. The summed E-state index contributed by atoms with van der Waals surface area (Å²) in [6.45, 7) is 1.47. The van der Waals surface area contributed by atoms with Gasteiger partial charge in [-0.1, -0.05) is 60.7 Å². The van der Waals surface area contributed by atoms with Crippen LogP contribution in [0.15, 0.2) is 60.7 Å². The lowest BCUT2D eigenvalue weighted by atomic mass is 9.81. The van der Waals surface area contributed by atoms with Crippen LogP contribution in [0.4, 0.5) is 13.2 Å². The summed E-state index contributed by atoms with van der Waals surface area (Å²) in [5.41, 5.74) is 2.58. The van der Waals surface area contributed by atoms with Crippen molar-refractivity contribution in [3.63, 3.8) is 0 Å². The van der Waals surface area contributed by atoms with Gasteiger partial charge in [-0.2, -0.15) is 23.1 Å². The molecule has 2 aromatic carbocycles. The first-order chi connectivity index (χ1) is 21.7. The number of aromatic nitrogens is 2. The number of amides is 1. The van der Waals surface area contributed by atoms with Crippen molar-refractivity contribution in [1.82, 2.24) is 24.7 Å². The average Bonchev–Trinajstić information content (AvgIpc) is 3.04. The van der Waals surface area contributed by atoms with E-state index in [1.807, 2.05) is 41.3 Å². The Kier molecular flexibility index (Phi) is 10.4. The summed E-state index contributed by atoms with van der Waals surface area (Å²) in [6, 6.07) is 20.3. The molecule has 2 aliphatic rings. The van der Waals surface area contributed by atoms with Crippen molar-refractivity contribution in [2.24, 2.45) is 0 Å². The van der Waals surface area contributed by atoms with Crippen LogP contribution in [-0.2, 0) is 16.1 Å². The van der Waals surface area contributed by atoms with E-state index in [9.17, 15) is 18.0 Å². The molecule has 3 heterocycles. The van der Waals surface area contributed by atoms with Crippen molar-refractivity contribution in [3.8, 4) is 17.8 Å². The van der Waals surface area contributed by atoms with E-state index >= 15 is 0 Å². The van der Waals surface area contributed by atoms with Crippen molar-refractivity contribution >= 4 is 5.91 Å². The molecule has 242 valence electrons. The van der Waals surface area contributed by atoms with E-state index in [0.717, 1.165) is 11.1 Å². The highest BCUT2D eigenvalue weighted by atomic mass is 19.4. The molecule has 3 aromatic rings. The third-order valence-corrected chi connectivity index (χ3v) is 8.23. The molecule has 1 amide bonds. The fourth-order valence-electron chi connectivity index (χ4n) is 6.35. The van der Waals surface area contributed by atoms with Gasteiger partial charge in [-0.05, 0) is 11.1 Å². The maximum absolute atomic E-state index is 13.2. The highest BCUT2D eigenvalue weighted by Crippen LogP contribution is 2.37. The maximum atomic E-state index is 13.2. The Morgan fingerprint density at radius 1 is 0.889 bits per heavy atom. The molecule has 2 fully saturated rings.